The summed E-state index contributed by atoms with van der Waals surface area (Å²) in [4.78, 5) is 6.42. The van der Waals surface area contributed by atoms with Crippen molar-refractivity contribution in [3.8, 4) is 23.1 Å². The van der Waals surface area contributed by atoms with Gasteiger partial charge >= 0.3 is 0 Å². The summed E-state index contributed by atoms with van der Waals surface area (Å²) >= 11 is 1.67. The molecule has 0 radical (unpaired) electrons. The Morgan fingerprint density at radius 2 is 2.12 bits per heavy atom. The van der Waals surface area contributed by atoms with Gasteiger partial charge in [0.25, 0.3) is 0 Å². The maximum Gasteiger partial charge on any atom is 0.143 e. The molecule has 0 unspecified atom stereocenters. The van der Waals surface area contributed by atoms with Crippen LogP contribution >= 0.6 is 11.3 Å². The molecule has 0 bridgehead atoms. The first kappa shape index (κ1) is 10.7. The normalized spacial score (nSPS) is 10.1. The van der Waals surface area contributed by atoms with E-state index in [-0.39, 0.29) is 5.75 Å². The van der Waals surface area contributed by atoms with Gasteiger partial charge in [0.1, 0.15) is 17.5 Å². The van der Waals surface area contributed by atoms with Crippen LogP contribution in [0.2, 0.25) is 0 Å². The lowest BCUT2D eigenvalue weighted by Crippen LogP contribution is -1.86. The van der Waals surface area contributed by atoms with E-state index in [9.17, 15) is 5.11 Å². The van der Waals surface area contributed by atoms with Gasteiger partial charge in [-0.1, -0.05) is 0 Å². The van der Waals surface area contributed by atoms with E-state index in [0.717, 1.165) is 10.4 Å². The quantitative estimate of drug-likeness (QED) is 0.819. The van der Waals surface area contributed by atoms with Crippen molar-refractivity contribution in [1.29, 1.82) is 5.26 Å². The van der Waals surface area contributed by atoms with Gasteiger partial charge in [-0.3, -0.25) is 4.98 Å². The van der Waals surface area contributed by atoms with Crippen molar-refractivity contribution in [1.82, 2.24) is 4.98 Å². The van der Waals surface area contributed by atoms with Crippen LogP contribution in [-0.4, -0.2) is 10.1 Å². The molecule has 4 heteroatoms. The van der Waals surface area contributed by atoms with E-state index < -0.39 is 0 Å². The fraction of sp³-hybridized carbons (Fsp3) is 0.167. The third-order valence-electron chi connectivity index (χ3n) is 2.29. The summed E-state index contributed by atoms with van der Waals surface area (Å²) in [5.41, 5.74) is 1.84. The molecule has 0 atom stereocenters. The second-order valence-electron chi connectivity index (χ2n) is 3.53. The van der Waals surface area contributed by atoms with Gasteiger partial charge in [-0.15, -0.1) is 11.3 Å². The molecule has 2 rings (SSSR count). The molecule has 0 fully saturated rings. The molecule has 0 saturated heterocycles. The van der Waals surface area contributed by atoms with Crippen LogP contribution in [0.3, 0.4) is 0 Å². The summed E-state index contributed by atoms with van der Waals surface area (Å²) in [5, 5.41) is 18.5. The molecule has 3 nitrogen and oxygen atoms in total. The van der Waals surface area contributed by atoms with E-state index in [1.807, 2.05) is 26.0 Å². The third-order valence-corrected chi connectivity index (χ3v) is 3.26. The Bertz CT molecular complexity index is 581. The number of thiophene rings is 1. The van der Waals surface area contributed by atoms with Gasteiger partial charge in [0, 0.05) is 27.6 Å². The molecular formula is C12H10N2OS. The van der Waals surface area contributed by atoms with Gasteiger partial charge in [0.2, 0.25) is 0 Å². The minimum atomic E-state index is 0.0555. The second-order valence-corrected chi connectivity index (χ2v) is 4.99. The van der Waals surface area contributed by atoms with Crippen molar-refractivity contribution in [2.75, 3.05) is 0 Å². The lowest BCUT2D eigenvalue weighted by Gasteiger charge is -2.02. The highest BCUT2D eigenvalue weighted by atomic mass is 32.1. The zero-order valence-electron chi connectivity index (χ0n) is 8.98. The predicted molar refractivity (Wildman–Crippen MR) is 63.4 cm³/mol. The highest BCUT2D eigenvalue weighted by Gasteiger charge is 2.11. The average Bonchev–Trinajstić information content (AvgIpc) is 2.57. The minimum Gasteiger partial charge on any atom is -0.506 e. The Kier molecular flexibility index (Phi) is 2.63. The Labute approximate surface area is 97.6 Å². The van der Waals surface area contributed by atoms with Crippen molar-refractivity contribution < 1.29 is 5.11 Å². The van der Waals surface area contributed by atoms with Gasteiger partial charge < -0.3 is 5.11 Å². The molecule has 0 aliphatic rings. The molecule has 16 heavy (non-hydrogen) atoms. The molecule has 0 spiro atoms. The lowest BCUT2D eigenvalue weighted by molar-refractivity contribution is 0.475. The van der Waals surface area contributed by atoms with Crippen LogP contribution in [0.25, 0.3) is 11.3 Å². The first-order valence-electron chi connectivity index (χ1n) is 4.78. The Hall–Kier alpha value is -1.86. The van der Waals surface area contributed by atoms with E-state index >= 15 is 0 Å². The molecule has 0 saturated carbocycles. The summed E-state index contributed by atoms with van der Waals surface area (Å²) in [5.74, 6) is 0.0555. The molecule has 2 heterocycles. The van der Waals surface area contributed by atoms with Gasteiger partial charge in [0.15, 0.2) is 0 Å². The highest BCUT2D eigenvalue weighted by Crippen LogP contribution is 2.34. The minimum absolute atomic E-state index is 0.0555. The first-order chi connectivity index (χ1) is 7.61. The van der Waals surface area contributed by atoms with Crippen LogP contribution in [-0.2, 0) is 0 Å². The summed E-state index contributed by atoms with van der Waals surface area (Å²) < 4.78 is 0. The molecule has 0 aromatic carbocycles. The number of nitriles is 1. The molecule has 2 aromatic rings. The van der Waals surface area contributed by atoms with Crippen molar-refractivity contribution in [3.05, 3.63) is 33.6 Å². The summed E-state index contributed by atoms with van der Waals surface area (Å²) in [6, 6.07) is 5.38. The van der Waals surface area contributed by atoms with Gasteiger partial charge in [-0.2, -0.15) is 5.26 Å². The van der Waals surface area contributed by atoms with Crippen LogP contribution in [0, 0.1) is 25.2 Å². The molecule has 80 valence electrons. The second kappa shape index (κ2) is 3.95. The number of aromatic nitrogens is 1. The van der Waals surface area contributed by atoms with Crippen LogP contribution in [0.15, 0.2) is 18.3 Å². The molecule has 0 aliphatic heterocycles. The zero-order valence-corrected chi connectivity index (χ0v) is 9.80. The van der Waals surface area contributed by atoms with Crippen molar-refractivity contribution in [2.45, 2.75) is 13.8 Å². The van der Waals surface area contributed by atoms with Gasteiger partial charge in [-0.25, -0.2) is 0 Å². The zero-order chi connectivity index (χ0) is 11.7. The topological polar surface area (TPSA) is 56.9 Å². The summed E-state index contributed by atoms with van der Waals surface area (Å²) in [6.45, 7) is 4.01. The maximum atomic E-state index is 9.80. The number of nitrogens with zero attached hydrogens (tertiary/aromatic N) is 2. The van der Waals surface area contributed by atoms with Crippen LogP contribution in [0.5, 0.6) is 5.75 Å². The van der Waals surface area contributed by atoms with E-state index in [1.165, 1.54) is 17.1 Å². The Morgan fingerprint density at radius 1 is 1.38 bits per heavy atom. The molecule has 0 aliphatic carbocycles. The monoisotopic (exact) mass is 230 g/mol. The van der Waals surface area contributed by atoms with E-state index in [0.29, 0.717) is 11.3 Å². The lowest BCUT2D eigenvalue weighted by atomic mass is 10.1. The maximum absolute atomic E-state index is 9.80. The standard InChI is InChI=1S/C12H10N2OS/c1-7-3-10(8(2)16-7)12-11(15)4-9(5-13)6-14-12/h3-4,6,15H,1-2H3. The highest BCUT2D eigenvalue weighted by molar-refractivity contribution is 7.12. The van der Waals surface area contributed by atoms with Crippen LogP contribution in [0.4, 0.5) is 0 Å². The number of rotatable bonds is 1. The van der Waals surface area contributed by atoms with E-state index in [4.69, 9.17) is 5.26 Å². The largest absolute Gasteiger partial charge is 0.506 e. The van der Waals surface area contributed by atoms with E-state index in [1.54, 1.807) is 11.3 Å². The Balaban J connectivity index is 2.57. The van der Waals surface area contributed by atoms with Gasteiger partial charge in [-0.05, 0) is 19.9 Å². The Morgan fingerprint density at radius 3 is 2.62 bits per heavy atom. The summed E-state index contributed by atoms with van der Waals surface area (Å²) in [6.07, 6.45) is 1.47. The van der Waals surface area contributed by atoms with Gasteiger partial charge in [0.05, 0.1) is 5.56 Å². The summed E-state index contributed by atoms with van der Waals surface area (Å²) in [7, 11) is 0. The fourth-order valence-electron chi connectivity index (χ4n) is 1.59. The number of hydrogen-bond donors (Lipinski definition) is 1. The van der Waals surface area contributed by atoms with Crippen LogP contribution < -0.4 is 0 Å². The first-order valence-corrected chi connectivity index (χ1v) is 5.60. The molecule has 0 amide bonds. The number of aromatic hydroxyl groups is 1. The van der Waals surface area contributed by atoms with E-state index in [2.05, 4.69) is 4.98 Å². The van der Waals surface area contributed by atoms with Crippen molar-refractivity contribution in [2.24, 2.45) is 0 Å². The average molecular weight is 230 g/mol. The molecule has 1 N–H and O–H groups in total. The predicted octanol–water partition coefficient (Wildman–Crippen LogP) is 3.00. The van der Waals surface area contributed by atoms with Crippen LogP contribution in [0.1, 0.15) is 15.3 Å². The molecular weight excluding hydrogens is 220 g/mol. The smallest absolute Gasteiger partial charge is 0.143 e. The molecule has 2 aromatic heterocycles. The fourth-order valence-corrected chi connectivity index (χ4v) is 2.51. The van der Waals surface area contributed by atoms with Crippen molar-refractivity contribution >= 4 is 11.3 Å². The third kappa shape index (κ3) is 1.77. The number of aryl methyl sites for hydroxylation is 2. The number of pyridine rings is 1. The van der Waals surface area contributed by atoms with Crippen molar-refractivity contribution in [3.63, 3.8) is 0 Å². The SMILES string of the molecule is Cc1cc(-c2ncc(C#N)cc2O)c(C)s1. The number of hydrogen-bond acceptors (Lipinski definition) is 4.